The number of methoxy groups -OCH3 is 1. The molecule has 2 N–H and O–H groups in total. The maximum absolute atomic E-state index is 11.2. The minimum absolute atomic E-state index is 0.107. The number of hydrogen-bond donors (Lipinski definition) is 2. The molecule has 3 rings (SSSR count). The van der Waals surface area contributed by atoms with Crippen molar-refractivity contribution in [3.05, 3.63) is 59.2 Å². The molecular formula is C25H34O4. The lowest BCUT2D eigenvalue weighted by Gasteiger charge is -2.19. The van der Waals surface area contributed by atoms with Gasteiger partial charge in [0.15, 0.2) is 0 Å². The molecule has 2 aliphatic rings. The molecule has 0 saturated heterocycles. The van der Waals surface area contributed by atoms with Crippen LogP contribution in [-0.4, -0.2) is 35.5 Å². The van der Waals surface area contributed by atoms with E-state index in [1.54, 1.807) is 0 Å². The lowest BCUT2D eigenvalue weighted by molar-refractivity contribution is -0.140. The van der Waals surface area contributed by atoms with E-state index in [4.69, 9.17) is 0 Å². The van der Waals surface area contributed by atoms with Gasteiger partial charge < -0.3 is 14.9 Å². The minimum atomic E-state index is -0.532. The molecule has 0 radical (unpaired) electrons. The van der Waals surface area contributed by atoms with E-state index in [-0.39, 0.29) is 18.0 Å². The van der Waals surface area contributed by atoms with E-state index in [0.29, 0.717) is 24.7 Å². The number of aryl methyl sites for hydroxylation is 1. The molecule has 0 aliphatic heterocycles. The summed E-state index contributed by atoms with van der Waals surface area (Å²) in [4.78, 5) is 11.2. The van der Waals surface area contributed by atoms with Crippen molar-refractivity contribution in [2.24, 2.45) is 17.8 Å². The molecule has 5 atom stereocenters. The van der Waals surface area contributed by atoms with Gasteiger partial charge in [0.2, 0.25) is 0 Å². The van der Waals surface area contributed by atoms with Crippen LogP contribution < -0.4 is 0 Å². The van der Waals surface area contributed by atoms with Crippen molar-refractivity contribution in [1.29, 1.82) is 0 Å². The van der Waals surface area contributed by atoms with Gasteiger partial charge in [-0.15, -0.1) is 0 Å². The second kappa shape index (κ2) is 10.2. The molecule has 1 saturated carbocycles. The molecule has 1 fully saturated rings. The number of aliphatic hydroxyl groups is 2. The van der Waals surface area contributed by atoms with Gasteiger partial charge in [0, 0.05) is 18.8 Å². The van der Waals surface area contributed by atoms with Gasteiger partial charge in [-0.2, -0.15) is 0 Å². The zero-order valence-electron chi connectivity index (χ0n) is 17.6. The van der Waals surface area contributed by atoms with Crippen LogP contribution >= 0.6 is 0 Å². The summed E-state index contributed by atoms with van der Waals surface area (Å²) >= 11 is 0. The highest BCUT2D eigenvalue weighted by Crippen LogP contribution is 2.48. The summed E-state index contributed by atoms with van der Waals surface area (Å²) in [5.41, 5.74) is 3.78. The highest BCUT2D eigenvalue weighted by molar-refractivity contribution is 5.68. The molecule has 0 heterocycles. The van der Waals surface area contributed by atoms with Crippen LogP contribution in [0.25, 0.3) is 0 Å². The summed E-state index contributed by atoms with van der Waals surface area (Å²) in [5, 5.41) is 20.9. The standard InChI is InChI=1S/C25H34O4/c1-17-6-5-8-18(12-17)14-21(26)10-11-22-23-15-19(13-20(23)16-24(22)27)7-3-4-9-25(28)29-2/h5-6,8,10-13,20-24,26-27H,3-4,7,9,14-16H2,1-2H3/b11-10+/t20-,21-,22+,23-,24+/m0/s1/i1+1. The summed E-state index contributed by atoms with van der Waals surface area (Å²) in [6, 6.07) is 8.22. The Balaban J connectivity index is 1.49. The van der Waals surface area contributed by atoms with Crippen LogP contribution in [0.3, 0.4) is 0 Å². The Bertz CT molecular complexity index is 751. The first kappa shape index (κ1) is 21.8. The predicted octanol–water partition coefficient (Wildman–Crippen LogP) is 4.13. The van der Waals surface area contributed by atoms with E-state index in [9.17, 15) is 15.0 Å². The summed E-state index contributed by atoms with van der Waals surface area (Å²) in [7, 11) is 1.43. The van der Waals surface area contributed by atoms with Crippen LogP contribution in [0.2, 0.25) is 0 Å². The first-order chi connectivity index (χ1) is 14.0. The fourth-order valence-electron chi connectivity index (χ4n) is 4.92. The molecule has 2 aliphatic carbocycles. The number of allylic oxidation sites excluding steroid dienone is 2. The number of fused-ring (bicyclic) bond motifs is 1. The second-order valence-electron chi connectivity index (χ2n) is 8.67. The highest BCUT2D eigenvalue weighted by Gasteiger charge is 2.43. The molecule has 0 aromatic heterocycles. The smallest absolute Gasteiger partial charge is 0.305 e. The van der Waals surface area contributed by atoms with Gasteiger partial charge in [-0.3, -0.25) is 4.79 Å². The molecule has 158 valence electrons. The Morgan fingerprint density at radius 2 is 2.17 bits per heavy atom. The van der Waals surface area contributed by atoms with Gasteiger partial charge in [0.1, 0.15) is 0 Å². The van der Waals surface area contributed by atoms with Gasteiger partial charge in [-0.05, 0) is 56.4 Å². The summed E-state index contributed by atoms with van der Waals surface area (Å²) in [5.74, 6) is 0.836. The van der Waals surface area contributed by atoms with Crippen molar-refractivity contribution >= 4 is 5.97 Å². The van der Waals surface area contributed by atoms with Crippen molar-refractivity contribution in [2.45, 2.75) is 64.1 Å². The topological polar surface area (TPSA) is 66.8 Å². The third-order valence-corrected chi connectivity index (χ3v) is 6.39. The first-order valence-corrected chi connectivity index (χ1v) is 10.8. The van der Waals surface area contributed by atoms with Gasteiger partial charge in [0.05, 0.1) is 19.3 Å². The van der Waals surface area contributed by atoms with Crippen LogP contribution in [0.5, 0.6) is 0 Å². The maximum atomic E-state index is 11.2. The Hall–Kier alpha value is -1.91. The van der Waals surface area contributed by atoms with Crippen LogP contribution in [-0.2, 0) is 16.0 Å². The molecule has 4 heteroatoms. The van der Waals surface area contributed by atoms with E-state index in [1.165, 1.54) is 18.2 Å². The number of ether oxygens (including phenoxy) is 1. The molecule has 1 aromatic rings. The largest absolute Gasteiger partial charge is 0.469 e. The fourth-order valence-corrected chi connectivity index (χ4v) is 4.92. The van der Waals surface area contributed by atoms with Crippen molar-refractivity contribution in [2.75, 3.05) is 7.11 Å². The molecule has 0 amide bonds. The third kappa shape index (κ3) is 6.03. The van der Waals surface area contributed by atoms with Crippen molar-refractivity contribution in [1.82, 2.24) is 0 Å². The minimum Gasteiger partial charge on any atom is -0.469 e. The van der Waals surface area contributed by atoms with Crippen LogP contribution in [0, 0.1) is 24.7 Å². The zero-order valence-corrected chi connectivity index (χ0v) is 17.6. The van der Waals surface area contributed by atoms with Crippen molar-refractivity contribution in [3.63, 3.8) is 0 Å². The zero-order chi connectivity index (χ0) is 20.8. The molecule has 0 bridgehead atoms. The average Bonchev–Trinajstić information content (AvgIpc) is 3.19. The Kier molecular flexibility index (Phi) is 7.68. The Morgan fingerprint density at radius 1 is 1.34 bits per heavy atom. The average molecular weight is 400 g/mol. The summed E-state index contributed by atoms with van der Waals surface area (Å²) < 4.78 is 4.69. The molecule has 0 spiro atoms. The number of carbonyl (C=O) groups excluding carboxylic acids is 1. The summed E-state index contributed by atoms with van der Waals surface area (Å²) in [6.45, 7) is 2.06. The number of benzene rings is 1. The third-order valence-electron chi connectivity index (χ3n) is 6.39. The molecule has 1 aromatic carbocycles. The number of aliphatic hydroxyl groups excluding tert-OH is 2. The quantitative estimate of drug-likeness (QED) is 0.284. The van der Waals surface area contributed by atoms with Gasteiger partial charge in [-0.1, -0.05) is 53.6 Å². The number of unbranched alkanes of at least 4 members (excludes halogenated alkanes) is 1. The van der Waals surface area contributed by atoms with Gasteiger partial charge >= 0.3 is 5.97 Å². The molecule has 4 nitrogen and oxygen atoms in total. The van der Waals surface area contributed by atoms with Crippen LogP contribution in [0.1, 0.15) is 49.7 Å². The van der Waals surface area contributed by atoms with Crippen molar-refractivity contribution < 1.29 is 19.7 Å². The Morgan fingerprint density at radius 3 is 2.93 bits per heavy atom. The van der Waals surface area contributed by atoms with Gasteiger partial charge in [-0.25, -0.2) is 0 Å². The summed E-state index contributed by atoms with van der Waals surface area (Å²) in [6.07, 6.45) is 11.2. The van der Waals surface area contributed by atoms with Crippen LogP contribution in [0.4, 0.5) is 0 Å². The van der Waals surface area contributed by atoms with E-state index in [2.05, 4.69) is 29.9 Å². The van der Waals surface area contributed by atoms with Gasteiger partial charge in [0.25, 0.3) is 0 Å². The van der Waals surface area contributed by atoms with E-state index in [1.807, 2.05) is 24.3 Å². The SMILES string of the molecule is COC(=O)CCCCC1=C[C@H]2C[C@@H](O)[C@H](/C=C/[C@H](O)Cc3cccc([13CH3])c3)[C@H]2C1. The lowest BCUT2D eigenvalue weighted by Crippen LogP contribution is -2.18. The predicted molar refractivity (Wildman–Crippen MR) is 114 cm³/mol. The van der Waals surface area contributed by atoms with Crippen LogP contribution in [0.15, 0.2) is 48.1 Å². The highest BCUT2D eigenvalue weighted by atomic mass is 16.5. The fraction of sp³-hybridized carbons (Fsp3) is 0.560. The monoisotopic (exact) mass is 399 g/mol. The number of esters is 1. The molecule has 29 heavy (non-hydrogen) atoms. The van der Waals surface area contributed by atoms with E-state index in [0.717, 1.165) is 37.7 Å². The normalized spacial score (nSPS) is 27.1. The number of rotatable bonds is 9. The first-order valence-electron chi connectivity index (χ1n) is 10.8. The van der Waals surface area contributed by atoms with E-state index < -0.39 is 6.10 Å². The second-order valence-corrected chi connectivity index (χ2v) is 8.67. The van der Waals surface area contributed by atoms with Crippen molar-refractivity contribution in [3.8, 4) is 0 Å². The molecule has 0 unspecified atom stereocenters. The Labute approximate surface area is 174 Å². The lowest BCUT2D eigenvalue weighted by atomic mass is 9.88. The number of hydrogen-bond acceptors (Lipinski definition) is 4. The number of carbonyl (C=O) groups is 1. The molecular weight excluding hydrogens is 365 g/mol. The maximum Gasteiger partial charge on any atom is 0.305 e. The van der Waals surface area contributed by atoms with E-state index >= 15 is 0 Å².